The number of hydrogen-bond acceptors (Lipinski definition) is 3. The first kappa shape index (κ1) is 12.8. The minimum atomic E-state index is -0.586. The topological polar surface area (TPSA) is 26.3 Å². The highest BCUT2D eigenvalue weighted by Gasteiger charge is 2.24. The first-order valence-corrected chi connectivity index (χ1v) is 5.85. The van der Waals surface area contributed by atoms with Crippen LogP contribution in [0.5, 0.6) is 0 Å². The number of hydrogen-bond donors (Lipinski definition) is 0. The lowest BCUT2D eigenvalue weighted by Crippen LogP contribution is -2.24. The molecule has 1 aromatic carbocycles. The number of carbonyl (C=O) groups excluding carboxylic acids is 1. The highest BCUT2D eigenvalue weighted by Crippen LogP contribution is 2.33. The van der Waals surface area contributed by atoms with Crippen molar-refractivity contribution in [3.63, 3.8) is 0 Å². The Morgan fingerprint density at radius 1 is 1.31 bits per heavy atom. The SMILES string of the molecule is C=C(C)C(=O)OC(C)(C)Sc1ccccc1. The molecular formula is C13H16O2S. The Balaban J connectivity index is 2.65. The van der Waals surface area contributed by atoms with Crippen LogP contribution in [-0.2, 0) is 9.53 Å². The van der Waals surface area contributed by atoms with Crippen LogP contribution in [0, 0.1) is 0 Å². The number of esters is 1. The molecule has 16 heavy (non-hydrogen) atoms. The van der Waals surface area contributed by atoms with Crippen molar-refractivity contribution in [2.24, 2.45) is 0 Å². The highest BCUT2D eigenvalue weighted by atomic mass is 32.2. The largest absolute Gasteiger partial charge is 0.445 e. The average Bonchev–Trinajstić information content (AvgIpc) is 2.17. The third-order valence-electron chi connectivity index (χ3n) is 1.79. The van der Waals surface area contributed by atoms with Crippen molar-refractivity contribution in [1.29, 1.82) is 0 Å². The monoisotopic (exact) mass is 236 g/mol. The van der Waals surface area contributed by atoms with Crippen molar-refractivity contribution in [2.45, 2.75) is 30.6 Å². The molecule has 0 radical (unpaired) electrons. The molecule has 1 rings (SSSR count). The van der Waals surface area contributed by atoms with Crippen molar-refractivity contribution in [3.8, 4) is 0 Å². The molecule has 2 nitrogen and oxygen atoms in total. The fourth-order valence-electron chi connectivity index (χ4n) is 1.10. The van der Waals surface area contributed by atoms with Gasteiger partial charge in [-0.3, -0.25) is 0 Å². The smallest absolute Gasteiger partial charge is 0.334 e. The second kappa shape index (κ2) is 5.21. The van der Waals surface area contributed by atoms with Gasteiger partial charge >= 0.3 is 5.97 Å². The van der Waals surface area contributed by atoms with E-state index < -0.39 is 4.93 Å². The molecule has 0 aliphatic heterocycles. The summed E-state index contributed by atoms with van der Waals surface area (Å²) >= 11 is 1.51. The van der Waals surface area contributed by atoms with Crippen molar-refractivity contribution in [1.82, 2.24) is 0 Å². The molecule has 0 atom stereocenters. The summed E-state index contributed by atoms with van der Waals surface area (Å²) in [6, 6.07) is 9.84. The Kier molecular flexibility index (Phi) is 4.19. The number of thioether (sulfide) groups is 1. The first-order chi connectivity index (χ1) is 7.41. The van der Waals surface area contributed by atoms with Gasteiger partial charge in [-0.2, -0.15) is 0 Å². The summed E-state index contributed by atoms with van der Waals surface area (Å²) in [7, 11) is 0. The van der Waals surface area contributed by atoms with Gasteiger partial charge in [-0.15, -0.1) is 0 Å². The molecule has 0 aliphatic carbocycles. The van der Waals surface area contributed by atoms with E-state index in [1.807, 2.05) is 44.2 Å². The molecule has 3 heteroatoms. The highest BCUT2D eigenvalue weighted by molar-refractivity contribution is 8.00. The summed E-state index contributed by atoms with van der Waals surface area (Å²) in [5.41, 5.74) is 0.418. The number of ether oxygens (including phenoxy) is 1. The van der Waals surface area contributed by atoms with E-state index in [2.05, 4.69) is 6.58 Å². The van der Waals surface area contributed by atoms with Gasteiger partial charge in [0.05, 0.1) is 0 Å². The maximum absolute atomic E-state index is 11.4. The van der Waals surface area contributed by atoms with E-state index in [1.54, 1.807) is 6.92 Å². The second-order valence-electron chi connectivity index (χ2n) is 3.98. The lowest BCUT2D eigenvalue weighted by molar-refractivity contribution is -0.144. The molecule has 0 heterocycles. The van der Waals surface area contributed by atoms with Gasteiger partial charge in [-0.05, 0) is 32.9 Å². The number of benzene rings is 1. The number of rotatable bonds is 4. The van der Waals surface area contributed by atoms with E-state index in [-0.39, 0.29) is 5.97 Å². The molecular weight excluding hydrogens is 220 g/mol. The lowest BCUT2D eigenvalue weighted by atomic mass is 10.3. The third kappa shape index (κ3) is 4.11. The van der Waals surface area contributed by atoms with Crippen LogP contribution in [0.3, 0.4) is 0 Å². The van der Waals surface area contributed by atoms with E-state index in [0.717, 1.165) is 4.90 Å². The molecule has 0 bridgehead atoms. The lowest BCUT2D eigenvalue weighted by Gasteiger charge is -2.24. The van der Waals surface area contributed by atoms with Crippen molar-refractivity contribution < 1.29 is 9.53 Å². The average molecular weight is 236 g/mol. The predicted molar refractivity (Wildman–Crippen MR) is 67.3 cm³/mol. The molecule has 0 fully saturated rings. The summed E-state index contributed by atoms with van der Waals surface area (Å²) in [6.45, 7) is 8.94. The standard InChI is InChI=1S/C13H16O2S/c1-10(2)12(14)15-13(3,4)16-11-8-6-5-7-9-11/h5-9H,1H2,2-4H3. The van der Waals surface area contributed by atoms with Crippen LogP contribution < -0.4 is 0 Å². The van der Waals surface area contributed by atoms with Crippen LogP contribution >= 0.6 is 11.8 Å². The van der Waals surface area contributed by atoms with E-state index in [1.165, 1.54) is 11.8 Å². The first-order valence-electron chi connectivity index (χ1n) is 5.03. The van der Waals surface area contributed by atoms with Crippen LogP contribution in [0.15, 0.2) is 47.4 Å². The quantitative estimate of drug-likeness (QED) is 0.345. The van der Waals surface area contributed by atoms with Gasteiger partial charge in [0.1, 0.15) is 0 Å². The Bertz CT molecular complexity index is 382. The molecule has 0 aliphatic rings. The van der Waals surface area contributed by atoms with Gasteiger partial charge in [0.2, 0.25) is 0 Å². The summed E-state index contributed by atoms with van der Waals surface area (Å²) in [6.07, 6.45) is 0. The molecule has 0 saturated heterocycles. The van der Waals surface area contributed by atoms with Crippen LogP contribution in [-0.4, -0.2) is 10.9 Å². The van der Waals surface area contributed by atoms with Gasteiger partial charge in [0.15, 0.2) is 4.93 Å². The van der Waals surface area contributed by atoms with Crippen LogP contribution in [0.1, 0.15) is 20.8 Å². The van der Waals surface area contributed by atoms with Crippen molar-refractivity contribution in [2.75, 3.05) is 0 Å². The predicted octanol–water partition coefficient (Wildman–Crippen LogP) is 3.63. The second-order valence-corrected chi connectivity index (χ2v) is 5.64. The van der Waals surface area contributed by atoms with E-state index in [9.17, 15) is 4.79 Å². The van der Waals surface area contributed by atoms with E-state index in [0.29, 0.717) is 5.57 Å². The van der Waals surface area contributed by atoms with Crippen LogP contribution in [0.2, 0.25) is 0 Å². The fourth-order valence-corrected chi connectivity index (χ4v) is 2.08. The van der Waals surface area contributed by atoms with E-state index >= 15 is 0 Å². The molecule has 1 aromatic rings. The van der Waals surface area contributed by atoms with Crippen molar-refractivity contribution >= 4 is 17.7 Å². The maximum Gasteiger partial charge on any atom is 0.334 e. The maximum atomic E-state index is 11.4. The summed E-state index contributed by atoms with van der Waals surface area (Å²) in [5.74, 6) is -0.353. The fraction of sp³-hybridized carbons (Fsp3) is 0.308. The minimum Gasteiger partial charge on any atom is -0.445 e. The Hall–Kier alpha value is -1.22. The molecule has 0 aromatic heterocycles. The zero-order valence-electron chi connectivity index (χ0n) is 9.82. The molecule has 0 N–H and O–H groups in total. The normalized spacial score (nSPS) is 10.9. The Labute approximate surface area is 101 Å². The minimum absolute atomic E-state index is 0.353. The van der Waals surface area contributed by atoms with Gasteiger partial charge in [-0.1, -0.05) is 36.5 Å². The third-order valence-corrected chi connectivity index (χ3v) is 2.88. The van der Waals surface area contributed by atoms with Gasteiger partial charge in [0.25, 0.3) is 0 Å². The molecule has 0 unspecified atom stereocenters. The van der Waals surface area contributed by atoms with Gasteiger partial charge < -0.3 is 4.74 Å². The zero-order valence-corrected chi connectivity index (χ0v) is 10.6. The summed E-state index contributed by atoms with van der Waals surface area (Å²) in [4.78, 5) is 11.9. The zero-order chi connectivity index (χ0) is 12.2. The Morgan fingerprint density at radius 2 is 1.88 bits per heavy atom. The van der Waals surface area contributed by atoms with Gasteiger partial charge in [0, 0.05) is 10.5 Å². The molecule has 86 valence electrons. The van der Waals surface area contributed by atoms with Crippen LogP contribution in [0.4, 0.5) is 0 Å². The molecule has 0 spiro atoms. The van der Waals surface area contributed by atoms with Crippen molar-refractivity contribution in [3.05, 3.63) is 42.5 Å². The van der Waals surface area contributed by atoms with Gasteiger partial charge in [-0.25, -0.2) is 4.79 Å². The molecule has 0 saturated carbocycles. The number of carbonyl (C=O) groups is 1. The summed E-state index contributed by atoms with van der Waals surface area (Å²) < 4.78 is 5.33. The Morgan fingerprint density at radius 3 is 2.38 bits per heavy atom. The van der Waals surface area contributed by atoms with Crippen LogP contribution in [0.25, 0.3) is 0 Å². The summed E-state index contributed by atoms with van der Waals surface area (Å²) in [5, 5.41) is 0. The van der Waals surface area contributed by atoms with E-state index in [4.69, 9.17) is 4.74 Å². The molecule has 0 amide bonds.